The van der Waals surface area contributed by atoms with Crippen LogP contribution in [-0.2, 0) is 3.79 Å². The highest BCUT2D eigenvalue weighted by Crippen LogP contribution is 2.42. The molecule has 0 nitrogen and oxygen atoms in total. The van der Waals surface area contributed by atoms with E-state index in [1.807, 2.05) is 55.5 Å². The Morgan fingerprint density at radius 1 is 0.824 bits per heavy atom. The lowest BCUT2D eigenvalue weighted by atomic mass is 9.99. The summed E-state index contributed by atoms with van der Waals surface area (Å²) in [6, 6.07) is 15.8. The molecule has 2 rings (SSSR count). The molecule has 0 saturated carbocycles. The van der Waals surface area contributed by atoms with Gasteiger partial charge in [-0.3, -0.25) is 0 Å². The van der Waals surface area contributed by atoms with Crippen LogP contribution in [0.5, 0.6) is 0 Å². The van der Waals surface area contributed by atoms with Gasteiger partial charge in [0.2, 0.25) is 3.79 Å². The lowest BCUT2D eigenvalue weighted by molar-refractivity contribution is 1.24. The molecular formula is C14H11Cl3. The minimum Gasteiger partial charge on any atom is -0.0784 e. The maximum absolute atomic E-state index is 5.98. The average Bonchev–Trinajstić information content (AvgIpc) is 2.29. The summed E-state index contributed by atoms with van der Waals surface area (Å²) < 4.78 is -1.40. The van der Waals surface area contributed by atoms with Gasteiger partial charge in [-0.15, -0.1) is 0 Å². The highest BCUT2D eigenvalue weighted by Gasteiger charge is 2.25. The maximum Gasteiger partial charge on any atom is 0.216 e. The number of hydrogen-bond acceptors (Lipinski definition) is 0. The van der Waals surface area contributed by atoms with Gasteiger partial charge in [0.25, 0.3) is 0 Å². The summed E-state index contributed by atoms with van der Waals surface area (Å²) >= 11 is 17.9. The molecule has 0 aromatic heterocycles. The second-order valence-electron chi connectivity index (χ2n) is 3.91. The van der Waals surface area contributed by atoms with Gasteiger partial charge in [0, 0.05) is 5.56 Å². The summed E-state index contributed by atoms with van der Waals surface area (Å²) in [5.41, 5.74) is 3.92. The molecule has 2 aromatic rings. The first-order valence-electron chi connectivity index (χ1n) is 5.22. The molecule has 3 heteroatoms. The van der Waals surface area contributed by atoms with Crippen molar-refractivity contribution in [3.8, 4) is 11.1 Å². The summed E-state index contributed by atoms with van der Waals surface area (Å²) in [6.45, 7) is 2.05. The SMILES string of the molecule is Cc1ccc(-c2ccccc2C(Cl)(Cl)Cl)cc1. The minimum atomic E-state index is -1.40. The lowest BCUT2D eigenvalue weighted by Gasteiger charge is -2.16. The van der Waals surface area contributed by atoms with Crippen LogP contribution in [0, 0.1) is 6.92 Å². The lowest BCUT2D eigenvalue weighted by Crippen LogP contribution is -2.02. The van der Waals surface area contributed by atoms with Crippen LogP contribution >= 0.6 is 34.8 Å². The Balaban J connectivity index is 2.56. The van der Waals surface area contributed by atoms with Gasteiger partial charge >= 0.3 is 0 Å². The van der Waals surface area contributed by atoms with Gasteiger partial charge in [0.15, 0.2) is 0 Å². The molecule has 0 aliphatic heterocycles. The van der Waals surface area contributed by atoms with E-state index >= 15 is 0 Å². The van der Waals surface area contributed by atoms with E-state index in [9.17, 15) is 0 Å². The molecule has 0 fully saturated rings. The molecule has 0 unspecified atom stereocenters. The van der Waals surface area contributed by atoms with Crippen LogP contribution in [0.15, 0.2) is 48.5 Å². The van der Waals surface area contributed by atoms with E-state index < -0.39 is 3.79 Å². The number of halogens is 3. The number of rotatable bonds is 1. The normalized spacial score (nSPS) is 11.5. The van der Waals surface area contributed by atoms with E-state index in [-0.39, 0.29) is 0 Å². The van der Waals surface area contributed by atoms with Crippen molar-refractivity contribution in [2.45, 2.75) is 10.7 Å². The van der Waals surface area contributed by atoms with Gasteiger partial charge in [-0.1, -0.05) is 88.9 Å². The van der Waals surface area contributed by atoms with E-state index in [1.165, 1.54) is 5.56 Å². The molecule has 0 aliphatic rings. The van der Waals surface area contributed by atoms with Crippen LogP contribution in [0.3, 0.4) is 0 Å². The van der Waals surface area contributed by atoms with Crippen molar-refractivity contribution in [2.24, 2.45) is 0 Å². The van der Waals surface area contributed by atoms with E-state index in [0.717, 1.165) is 11.1 Å². The van der Waals surface area contributed by atoms with Crippen LogP contribution < -0.4 is 0 Å². The highest BCUT2D eigenvalue weighted by molar-refractivity contribution is 6.67. The van der Waals surface area contributed by atoms with Crippen molar-refractivity contribution < 1.29 is 0 Å². The summed E-state index contributed by atoms with van der Waals surface area (Å²) in [5.74, 6) is 0. The Labute approximate surface area is 116 Å². The highest BCUT2D eigenvalue weighted by atomic mass is 35.6. The molecule has 0 heterocycles. The quantitative estimate of drug-likeness (QED) is 0.608. The third kappa shape index (κ3) is 2.95. The predicted octanol–water partition coefficient (Wildman–Crippen LogP) is 5.49. The number of hydrogen-bond donors (Lipinski definition) is 0. The molecule has 88 valence electrons. The third-order valence-electron chi connectivity index (χ3n) is 2.60. The molecule has 0 saturated heterocycles. The maximum atomic E-state index is 5.98. The monoisotopic (exact) mass is 284 g/mol. The number of aryl methyl sites for hydroxylation is 1. The molecular weight excluding hydrogens is 275 g/mol. The molecule has 17 heavy (non-hydrogen) atoms. The molecule has 0 atom stereocenters. The topological polar surface area (TPSA) is 0 Å². The van der Waals surface area contributed by atoms with Crippen molar-refractivity contribution in [1.82, 2.24) is 0 Å². The first-order valence-corrected chi connectivity index (χ1v) is 6.35. The fourth-order valence-electron chi connectivity index (χ4n) is 1.72. The van der Waals surface area contributed by atoms with Gasteiger partial charge in [-0.25, -0.2) is 0 Å². The predicted molar refractivity (Wildman–Crippen MR) is 75.9 cm³/mol. The van der Waals surface area contributed by atoms with Gasteiger partial charge in [-0.05, 0) is 18.1 Å². The van der Waals surface area contributed by atoms with Gasteiger partial charge < -0.3 is 0 Å². The zero-order valence-electron chi connectivity index (χ0n) is 9.25. The van der Waals surface area contributed by atoms with Crippen molar-refractivity contribution in [2.75, 3.05) is 0 Å². The molecule has 2 aromatic carbocycles. The first-order chi connectivity index (χ1) is 7.98. The third-order valence-corrected chi connectivity index (χ3v) is 3.21. The van der Waals surface area contributed by atoms with Crippen LogP contribution in [0.2, 0.25) is 0 Å². The standard InChI is InChI=1S/C14H11Cl3/c1-10-6-8-11(9-7-10)12-4-2-3-5-13(12)14(15,16)17/h2-9H,1H3. The summed E-state index contributed by atoms with van der Waals surface area (Å²) in [4.78, 5) is 0. The minimum absolute atomic E-state index is 0.703. The Hall–Kier alpha value is -0.690. The van der Waals surface area contributed by atoms with Crippen molar-refractivity contribution in [3.63, 3.8) is 0 Å². The second kappa shape index (κ2) is 4.89. The second-order valence-corrected chi connectivity index (χ2v) is 6.19. The Kier molecular flexibility index (Phi) is 3.67. The summed E-state index contributed by atoms with van der Waals surface area (Å²) in [6.07, 6.45) is 0. The Bertz CT molecular complexity index is 510. The van der Waals surface area contributed by atoms with Crippen molar-refractivity contribution >= 4 is 34.8 Å². The van der Waals surface area contributed by atoms with Crippen LogP contribution in [0.4, 0.5) is 0 Å². The van der Waals surface area contributed by atoms with E-state index in [4.69, 9.17) is 34.8 Å². The smallest absolute Gasteiger partial charge is 0.0784 e. The van der Waals surface area contributed by atoms with Gasteiger partial charge in [-0.2, -0.15) is 0 Å². The van der Waals surface area contributed by atoms with Gasteiger partial charge in [0.1, 0.15) is 0 Å². The molecule has 0 bridgehead atoms. The first kappa shape index (κ1) is 12.8. The van der Waals surface area contributed by atoms with E-state index in [0.29, 0.717) is 5.56 Å². The van der Waals surface area contributed by atoms with E-state index in [1.54, 1.807) is 0 Å². The average molecular weight is 286 g/mol. The fourth-order valence-corrected chi connectivity index (χ4v) is 2.21. The van der Waals surface area contributed by atoms with Crippen LogP contribution in [-0.4, -0.2) is 0 Å². The van der Waals surface area contributed by atoms with Gasteiger partial charge in [0.05, 0.1) is 0 Å². The fraction of sp³-hybridized carbons (Fsp3) is 0.143. The largest absolute Gasteiger partial charge is 0.216 e. The van der Waals surface area contributed by atoms with Crippen LogP contribution in [0.25, 0.3) is 11.1 Å². The summed E-state index contributed by atoms with van der Waals surface area (Å²) in [7, 11) is 0. The molecule has 0 aliphatic carbocycles. The van der Waals surface area contributed by atoms with Crippen molar-refractivity contribution in [1.29, 1.82) is 0 Å². The molecule has 0 radical (unpaired) electrons. The van der Waals surface area contributed by atoms with Crippen molar-refractivity contribution in [3.05, 3.63) is 59.7 Å². The summed E-state index contributed by atoms with van der Waals surface area (Å²) in [5, 5.41) is 0. The zero-order chi connectivity index (χ0) is 12.5. The van der Waals surface area contributed by atoms with Crippen LogP contribution in [0.1, 0.15) is 11.1 Å². The zero-order valence-corrected chi connectivity index (χ0v) is 11.5. The Morgan fingerprint density at radius 3 is 2.00 bits per heavy atom. The van der Waals surface area contributed by atoms with E-state index in [2.05, 4.69) is 0 Å². The Morgan fingerprint density at radius 2 is 1.41 bits per heavy atom. The molecule has 0 amide bonds. The molecule has 0 spiro atoms. The number of alkyl halides is 3. The number of benzene rings is 2. The molecule has 0 N–H and O–H groups in total.